The number of hydrogen-bond donors (Lipinski definition) is 0. The number of hydrogen-bond acceptors (Lipinski definition) is 3. The van der Waals surface area contributed by atoms with Crippen LogP contribution in [0.25, 0.3) is 22.2 Å². The van der Waals surface area contributed by atoms with Crippen LogP contribution in [0.2, 0.25) is 0 Å². The molecule has 0 aliphatic carbocycles. The molecule has 0 atom stereocenters. The minimum Gasteiger partial charge on any atom is -0.355 e. The molecule has 2 aromatic carbocycles. The number of fused-ring (bicyclic) bond motifs is 1. The van der Waals surface area contributed by atoms with Gasteiger partial charge < -0.3 is 4.52 Å². The van der Waals surface area contributed by atoms with E-state index >= 15 is 0 Å². The number of carbonyl (C=O) groups excluding carboxylic acids is 1. The van der Waals surface area contributed by atoms with E-state index in [0.29, 0.717) is 11.3 Å². The van der Waals surface area contributed by atoms with Gasteiger partial charge in [-0.15, -0.1) is 0 Å². The Hall–Kier alpha value is -2.42. The van der Waals surface area contributed by atoms with Crippen LogP contribution < -0.4 is 0 Å². The van der Waals surface area contributed by atoms with Crippen LogP contribution in [0.15, 0.2) is 47.0 Å². The quantitative estimate of drug-likeness (QED) is 0.646. The van der Waals surface area contributed by atoms with Gasteiger partial charge in [0.25, 0.3) is 0 Å². The van der Waals surface area contributed by atoms with Gasteiger partial charge in [0.05, 0.1) is 5.39 Å². The summed E-state index contributed by atoms with van der Waals surface area (Å²) in [5.74, 6) is 0.746. The number of Topliss-reactive ketones (excluding diaryl/α,β-unsaturated/α-hetero) is 1. The molecule has 0 aliphatic heterocycles. The van der Waals surface area contributed by atoms with Gasteiger partial charge in [-0.25, -0.2) is 0 Å². The smallest absolute Gasteiger partial charge is 0.174 e. The summed E-state index contributed by atoms with van der Waals surface area (Å²) >= 11 is 0. The van der Waals surface area contributed by atoms with E-state index in [4.69, 9.17) is 4.52 Å². The maximum absolute atomic E-state index is 11.5. The van der Waals surface area contributed by atoms with Crippen molar-refractivity contribution in [2.45, 2.75) is 13.8 Å². The fourth-order valence-electron chi connectivity index (χ4n) is 2.07. The molecule has 1 heterocycles. The lowest BCUT2D eigenvalue weighted by atomic mass is 10.0. The van der Waals surface area contributed by atoms with Crippen LogP contribution in [0.1, 0.15) is 22.8 Å². The number of ketones is 1. The van der Waals surface area contributed by atoms with E-state index in [1.807, 2.05) is 43.3 Å². The predicted molar refractivity (Wildman–Crippen MR) is 74.2 cm³/mol. The molecule has 19 heavy (non-hydrogen) atoms. The summed E-state index contributed by atoms with van der Waals surface area (Å²) in [6.07, 6.45) is 0. The molecule has 0 bridgehead atoms. The Morgan fingerprint density at radius 2 is 1.84 bits per heavy atom. The van der Waals surface area contributed by atoms with E-state index in [1.165, 1.54) is 5.56 Å². The fraction of sp³-hybridized carbons (Fsp3) is 0.125. The van der Waals surface area contributed by atoms with Gasteiger partial charge in [0, 0.05) is 11.1 Å². The number of aryl methyl sites for hydroxylation is 1. The molecular formula is C16H13NO2. The summed E-state index contributed by atoms with van der Waals surface area (Å²) in [6.45, 7) is 3.59. The average molecular weight is 251 g/mol. The third-order valence-electron chi connectivity index (χ3n) is 3.20. The van der Waals surface area contributed by atoms with Gasteiger partial charge in [-0.3, -0.25) is 4.79 Å². The van der Waals surface area contributed by atoms with Crippen LogP contribution in [0.4, 0.5) is 0 Å². The van der Waals surface area contributed by atoms with Crippen LogP contribution in [0.5, 0.6) is 0 Å². The summed E-state index contributed by atoms with van der Waals surface area (Å²) in [5.41, 5.74) is 3.59. The van der Waals surface area contributed by atoms with Gasteiger partial charge in [0.2, 0.25) is 0 Å². The largest absolute Gasteiger partial charge is 0.355 e. The Labute approximate surface area is 110 Å². The van der Waals surface area contributed by atoms with Crippen molar-refractivity contribution in [2.24, 2.45) is 0 Å². The molecule has 1 aromatic heterocycles. The van der Waals surface area contributed by atoms with Crippen molar-refractivity contribution in [3.63, 3.8) is 0 Å². The predicted octanol–water partition coefficient (Wildman–Crippen LogP) is 4.01. The highest BCUT2D eigenvalue weighted by atomic mass is 16.5. The molecular weight excluding hydrogens is 238 g/mol. The second-order valence-electron chi connectivity index (χ2n) is 4.67. The van der Waals surface area contributed by atoms with Gasteiger partial charge in [-0.05, 0) is 32.0 Å². The summed E-state index contributed by atoms with van der Waals surface area (Å²) in [7, 11) is 0. The summed E-state index contributed by atoms with van der Waals surface area (Å²) in [5, 5.41) is 4.90. The van der Waals surface area contributed by atoms with E-state index in [0.717, 1.165) is 16.5 Å². The van der Waals surface area contributed by atoms with Crippen molar-refractivity contribution in [1.82, 2.24) is 5.16 Å². The lowest BCUT2D eigenvalue weighted by molar-refractivity contribution is 0.101. The molecule has 3 heteroatoms. The minimum absolute atomic E-state index is 0.0398. The van der Waals surface area contributed by atoms with Crippen LogP contribution in [-0.2, 0) is 0 Å². The highest BCUT2D eigenvalue weighted by molar-refractivity contribution is 6.00. The van der Waals surface area contributed by atoms with E-state index < -0.39 is 0 Å². The second-order valence-corrected chi connectivity index (χ2v) is 4.67. The van der Waals surface area contributed by atoms with Gasteiger partial charge in [0.15, 0.2) is 11.5 Å². The van der Waals surface area contributed by atoms with Crippen LogP contribution in [0, 0.1) is 6.92 Å². The zero-order valence-electron chi connectivity index (χ0n) is 10.8. The van der Waals surface area contributed by atoms with Crippen molar-refractivity contribution >= 4 is 16.7 Å². The maximum Gasteiger partial charge on any atom is 0.174 e. The minimum atomic E-state index is 0.0398. The van der Waals surface area contributed by atoms with Gasteiger partial charge >= 0.3 is 0 Å². The number of rotatable bonds is 2. The highest BCUT2D eigenvalue weighted by Gasteiger charge is 2.12. The topological polar surface area (TPSA) is 43.1 Å². The first-order chi connectivity index (χ1) is 9.15. The highest BCUT2D eigenvalue weighted by Crippen LogP contribution is 2.29. The molecule has 0 saturated carbocycles. The third-order valence-corrected chi connectivity index (χ3v) is 3.20. The standard InChI is InChI=1S/C16H13NO2/c1-10-3-5-12(6-4-10)16-14-9-13(11(2)18)7-8-15(14)17-19-16/h3-9H,1-2H3. The number of aromatic nitrogens is 1. The van der Waals surface area contributed by atoms with E-state index in [1.54, 1.807) is 13.0 Å². The van der Waals surface area contributed by atoms with Crippen LogP contribution in [-0.4, -0.2) is 10.9 Å². The van der Waals surface area contributed by atoms with Crippen molar-refractivity contribution in [3.05, 3.63) is 53.6 Å². The Morgan fingerprint density at radius 3 is 2.53 bits per heavy atom. The lowest BCUT2D eigenvalue weighted by Crippen LogP contribution is -1.90. The lowest BCUT2D eigenvalue weighted by Gasteiger charge is -1.99. The summed E-state index contributed by atoms with van der Waals surface area (Å²) in [6, 6.07) is 13.5. The molecule has 94 valence electrons. The molecule has 0 fully saturated rings. The van der Waals surface area contributed by atoms with Crippen LogP contribution >= 0.6 is 0 Å². The first-order valence-corrected chi connectivity index (χ1v) is 6.12. The van der Waals surface area contributed by atoms with Gasteiger partial charge in [0.1, 0.15) is 5.52 Å². The number of benzene rings is 2. The van der Waals surface area contributed by atoms with Gasteiger partial charge in [-0.2, -0.15) is 0 Å². The van der Waals surface area contributed by atoms with Crippen molar-refractivity contribution < 1.29 is 9.32 Å². The molecule has 0 radical (unpaired) electrons. The molecule has 3 nitrogen and oxygen atoms in total. The Bertz CT molecular complexity index is 754. The van der Waals surface area contributed by atoms with Gasteiger partial charge in [-0.1, -0.05) is 35.0 Å². The van der Waals surface area contributed by atoms with E-state index in [2.05, 4.69) is 5.16 Å². The van der Waals surface area contributed by atoms with Crippen molar-refractivity contribution in [3.8, 4) is 11.3 Å². The SMILES string of the molecule is CC(=O)c1ccc2noc(-c3ccc(C)cc3)c2c1. The number of nitrogens with zero attached hydrogens (tertiary/aromatic N) is 1. The second kappa shape index (κ2) is 4.35. The molecule has 0 aliphatic rings. The first-order valence-electron chi connectivity index (χ1n) is 6.12. The average Bonchev–Trinajstić information content (AvgIpc) is 2.82. The van der Waals surface area contributed by atoms with Crippen molar-refractivity contribution in [2.75, 3.05) is 0 Å². The zero-order chi connectivity index (χ0) is 13.4. The third kappa shape index (κ3) is 2.03. The Balaban J connectivity index is 2.21. The molecule has 0 amide bonds. The zero-order valence-corrected chi connectivity index (χ0v) is 10.8. The Morgan fingerprint density at radius 1 is 1.11 bits per heavy atom. The maximum atomic E-state index is 11.5. The molecule has 0 N–H and O–H groups in total. The molecule has 0 saturated heterocycles. The molecule has 0 unspecified atom stereocenters. The fourth-order valence-corrected chi connectivity index (χ4v) is 2.07. The van der Waals surface area contributed by atoms with Crippen LogP contribution in [0.3, 0.4) is 0 Å². The molecule has 0 spiro atoms. The number of carbonyl (C=O) groups is 1. The summed E-state index contributed by atoms with van der Waals surface area (Å²) < 4.78 is 5.41. The normalized spacial score (nSPS) is 10.8. The Kier molecular flexibility index (Phi) is 2.67. The summed E-state index contributed by atoms with van der Waals surface area (Å²) in [4.78, 5) is 11.5. The monoisotopic (exact) mass is 251 g/mol. The van der Waals surface area contributed by atoms with E-state index in [9.17, 15) is 4.79 Å². The molecule has 3 aromatic rings. The van der Waals surface area contributed by atoms with E-state index in [-0.39, 0.29) is 5.78 Å². The first kappa shape index (κ1) is 11.7. The van der Waals surface area contributed by atoms with Crippen molar-refractivity contribution in [1.29, 1.82) is 0 Å². The molecule has 3 rings (SSSR count).